The SMILES string of the molecule is CN1CCCC(C(=O)N2CCC(Cn3cnc(C(F)F)cc3=O)CC2)C1. The number of amides is 1. The van der Waals surface area contributed by atoms with E-state index in [4.69, 9.17) is 0 Å². The van der Waals surface area contributed by atoms with Crippen molar-refractivity contribution in [2.45, 2.75) is 38.7 Å². The Labute approximate surface area is 151 Å². The standard InChI is InChI=1S/C18H26F2N4O2/c1-22-6-2-3-14(11-22)18(26)23-7-4-13(5-8-23)10-24-12-21-15(17(19)20)9-16(24)25/h9,12-14,17H,2-8,10-11H2,1H3. The topological polar surface area (TPSA) is 58.4 Å². The van der Waals surface area contributed by atoms with Crippen LogP contribution in [0.1, 0.15) is 37.8 Å². The minimum Gasteiger partial charge on any atom is -0.342 e. The van der Waals surface area contributed by atoms with Crippen LogP contribution in [0.5, 0.6) is 0 Å². The molecule has 3 heterocycles. The van der Waals surface area contributed by atoms with Gasteiger partial charge in [0.05, 0.1) is 12.2 Å². The second kappa shape index (κ2) is 8.24. The van der Waals surface area contributed by atoms with Gasteiger partial charge in [0.1, 0.15) is 5.69 Å². The number of hydrogen-bond donors (Lipinski definition) is 0. The number of aromatic nitrogens is 2. The zero-order valence-electron chi connectivity index (χ0n) is 15.1. The van der Waals surface area contributed by atoms with Crippen molar-refractivity contribution in [2.24, 2.45) is 11.8 Å². The summed E-state index contributed by atoms with van der Waals surface area (Å²) >= 11 is 0. The lowest BCUT2D eigenvalue weighted by atomic mass is 9.93. The third-order valence-corrected chi connectivity index (χ3v) is 5.48. The number of piperidine rings is 2. The summed E-state index contributed by atoms with van der Waals surface area (Å²) in [5, 5.41) is 0. The Hall–Kier alpha value is -1.83. The maximum absolute atomic E-state index is 12.7. The molecule has 0 aromatic carbocycles. The maximum Gasteiger partial charge on any atom is 0.280 e. The molecular weight excluding hydrogens is 342 g/mol. The van der Waals surface area contributed by atoms with Gasteiger partial charge < -0.3 is 9.80 Å². The molecule has 3 rings (SSSR count). The van der Waals surface area contributed by atoms with Crippen molar-refractivity contribution in [1.82, 2.24) is 19.4 Å². The Morgan fingerprint density at radius 1 is 1.27 bits per heavy atom. The molecule has 2 fully saturated rings. The van der Waals surface area contributed by atoms with E-state index in [1.54, 1.807) is 0 Å². The summed E-state index contributed by atoms with van der Waals surface area (Å²) < 4.78 is 26.6. The molecule has 1 amide bonds. The lowest BCUT2D eigenvalue weighted by Gasteiger charge is -2.37. The maximum atomic E-state index is 12.7. The second-order valence-electron chi connectivity index (χ2n) is 7.48. The van der Waals surface area contributed by atoms with Crippen LogP contribution in [0.4, 0.5) is 8.78 Å². The first-order valence-electron chi connectivity index (χ1n) is 9.26. The first kappa shape index (κ1) is 18.9. The summed E-state index contributed by atoms with van der Waals surface area (Å²) in [6.07, 6.45) is 2.13. The van der Waals surface area contributed by atoms with E-state index in [1.165, 1.54) is 10.9 Å². The van der Waals surface area contributed by atoms with Crippen molar-refractivity contribution < 1.29 is 13.6 Å². The highest BCUT2D eigenvalue weighted by Crippen LogP contribution is 2.23. The lowest BCUT2D eigenvalue weighted by molar-refractivity contribution is -0.138. The summed E-state index contributed by atoms with van der Waals surface area (Å²) in [6.45, 7) is 3.74. The van der Waals surface area contributed by atoms with E-state index >= 15 is 0 Å². The quantitative estimate of drug-likeness (QED) is 0.813. The molecule has 0 saturated carbocycles. The summed E-state index contributed by atoms with van der Waals surface area (Å²) in [5.74, 6) is 0.596. The third kappa shape index (κ3) is 4.47. The van der Waals surface area contributed by atoms with Crippen LogP contribution in [-0.2, 0) is 11.3 Å². The number of alkyl halides is 2. The summed E-state index contributed by atoms with van der Waals surface area (Å²) in [5.41, 5.74) is -0.928. The second-order valence-corrected chi connectivity index (χ2v) is 7.48. The summed E-state index contributed by atoms with van der Waals surface area (Å²) in [6, 6.07) is 0.906. The van der Waals surface area contributed by atoms with E-state index in [1.807, 2.05) is 4.90 Å². The van der Waals surface area contributed by atoms with Gasteiger partial charge in [-0.25, -0.2) is 13.8 Å². The molecular formula is C18H26F2N4O2. The molecule has 0 N–H and O–H groups in total. The molecule has 0 aliphatic carbocycles. The van der Waals surface area contributed by atoms with Crippen molar-refractivity contribution in [2.75, 3.05) is 33.2 Å². The number of nitrogens with zero attached hydrogens (tertiary/aromatic N) is 4. The van der Waals surface area contributed by atoms with Gasteiger partial charge >= 0.3 is 0 Å². The van der Waals surface area contributed by atoms with Crippen LogP contribution in [-0.4, -0.2) is 58.5 Å². The van der Waals surface area contributed by atoms with Crippen LogP contribution < -0.4 is 5.56 Å². The molecule has 1 aromatic heterocycles. The predicted octanol–water partition coefficient (Wildman–Crippen LogP) is 1.76. The van der Waals surface area contributed by atoms with Crippen molar-refractivity contribution in [3.63, 3.8) is 0 Å². The van der Waals surface area contributed by atoms with Gasteiger partial charge in [-0.2, -0.15) is 0 Å². The number of carbonyl (C=O) groups excluding carboxylic acids is 1. The van der Waals surface area contributed by atoms with Crippen LogP contribution in [0.2, 0.25) is 0 Å². The molecule has 144 valence electrons. The molecule has 6 nitrogen and oxygen atoms in total. The minimum atomic E-state index is -2.73. The Balaban J connectivity index is 1.52. The first-order chi connectivity index (χ1) is 12.4. The fraction of sp³-hybridized carbons (Fsp3) is 0.722. The van der Waals surface area contributed by atoms with Gasteiger partial charge in [0, 0.05) is 32.2 Å². The van der Waals surface area contributed by atoms with E-state index in [0.717, 1.165) is 44.8 Å². The zero-order valence-corrected chi connectivity index (χ0v) is 15.1. The number of halogens is 2. The Kier molecular flexibility index (Phi) is 6.01. The Morgan fingerprint density at radius 3 is 2.62 bits per heavy atom. The van der Waals surface area contributed by atoms with Crippen molar-refractivity contribution in [1.29, 1.82) is 0 Å². The average Bonchev–Trinajstić information content (AvgIpc) is 2.63. The van der Waals surface area contributed by atoms with Gasteiger partial charge in [0.25, 0.3) is 12.0 Å². The molecule has 2 aliphatic heterocycles. The highest BCUT2D eigenvalue weighted by Gasteiger charge is 2.30. The zero-order chi connectivity index (χ0) is 18.7. The predicted molar refractivity (Wildman–Crippen MR) is 93.0 cm³/mol. The number of hydrogen-bond acceptors (Lipinski definition) is 4. The van der Waals surface area contributed by atoms with Crippen LogP contribution in [0, 0.1) is 11.8 Å². The number of rotatable bonds is 4. The Bertz CT molecular complexity index is 686. The van der Waals surface area contributed by atoms with Gasteiger partial charge in [-0.3, -0.25) is 14.2 Å². The molecule has 8 heteroatoms. The van der Waals surface area contributed by atoms with Gasteiger partial charge in [-0.1, -0.05) is 0 Å². The minimum absolute atomic E-state index is 0.0963. The van der Waals surface area contributed by atoms with Crippen molar-refractivity contribution in [3.8, 4) is 0 Å². The van der Waals surface area contributed by atoms with Crippen molar-refractivity contribution in [3.05, 3.63) is 28.4 Å². The fourth-order valence-electron chi connectivity index (χ4n) is 3.94. The van der Waals surface area contributed by atoms with Crippen LogP contribution >= 0.6 is 0 Å². The number of carbonyl (C=O) groups is 1. The van der Waals surface area contributed by atoms with Gasteiger partial charge in [0.2, 0.25) is 5.91 Å². The molecule has 2 aliphatic rings. The molecule has 0 bridgehead atoms. The Morgan fingerprint density at radius 2 is 2.00 bits per heavy atom. The number of likely N-dealkylation sites (tertiary alicyclic amines) is 2. The van der Waals surface area contributed by atoms with E-state index in [2.05, 4.69) is 16.9 Å². The van der Waals surface area contributed by atoms with E-state index in [0.29, 0.717) is 19.6 Å². The molecule has 1 atom stereocenters. The molecule has 1 aromatic rings. The highest BCUT2D eigenvalue weighted by molar-refractivity contribution is 5.79. The highest BCUT2D eigenvalue weighted by atomic mass is 19.3. The van der Waals surface area contributed by atoms with Gasteiger partial charge in [-0.05, 0) is 45.2 Å². The molecule has 2 saturated heterocycles. The molecule has 26 heavy (non-hydrogen) atoms. The summed E-state index contributed by atoms with van der Waals surface area (Å²) in [7, 11) is 2.05. The monoisotopic (exact) mass is 368 g/mol. The molecule has 0 radical (unpaired) electrons. The summed E-state index contributed by atoms with van der Waals surface area (Å²) in [4.78, 5) is 32.4. The average molecular weight is 368 g/mol. The van der Waals surface area contributed by atoms with Crippen LogP contribution in [0.15, 0.2) is 17.2 Å². The largest absolute Gasteiger partial charge is 0.342 e. The fourth-order valence-corrected chi connectivity index (χ4v) is 3.94. The molecule has 0 spiro atoms. The molecule has 1 unspecified atom stereocenters. The third-order valence-electron chi connectivity index (χ3n) is 5.48. The van der Waals surface area contributed by atoms with E-state index in [9.17, 15) is 18.4 Å². The van der Waals surface area contributed by atoms with Crippen molar-refractivity contribution >= 4 is 5.91 Å². The smallest absolute Gasteiger partial charge is 0.280 e. The van der Waals surface area contributed by atoms with Crippen LogP contribution in [0.3, 0.4) is 0 Å². The van der Waals surface area contributed by atoms with Gasteiger partial charge in [0.15, 0.2) is 0 Å². The normalized spacial score (nSPS) is 22.8. The lowest BCUT2D eigenvalue weighted by Crippen LogP contribution is -2.47. The van der Waals surface area contributed by atoms with Gasteiger partial charge in [-0.15, -0.1) is 0 Å². The van der Waals surface area contributed by atoms with E-state index in [-0.39, 0.29) is 17.7 Å². The first-order valence-corrected chi connectivity index (χ1v) is 9.26. The van der Waals surface area contributed by atoms with E-state index < -0.39 is 17.7 Å². The van der Waals surface area contributed by atoms with Crippen LogP contribution in [0.25, 0.3) is 0 Å².